The zero-order valence-corrected chi connectivity index (χ0v) is 15.9. The van der Waals surface area contributed by atoms with Gasteiger partial charge in [0.1, 0.15) is 18.1 Å². The highest BCUT2D eigenvalue weighted by Gasteiger charge is 2.31. The van der Waals surface area contributed by atoms with Gasteiger partial charge in [0, 0.05) is 15.3 Å². The molecule has 4 rings (SSSR count). The number of aryl methyl sites for hydroxylation is 1. The number of fused-ring (bicyclic) bond motifs is 1. The number of rotatable bonds is 4. The van der Waals surface area contributed by atoms with Crippen molar-refractivity contribution >= 4 is 17.0 Å². The molecule has 0 saturated heterocycles. The summed E-state index contributed by atoms with van der Waals surface area (Å²) < 4.78 is 47.7. The highest BCUT2D eigenvalue weighted by molar-refractivity contribution is 7.12. The number of anilines is 1. The van der Waals surface area contributed by atoms with Crippen LogP contribution in [0, 0.1) is 0 Å². The molecule has 146 valence electrons. The molecule has 0 amide bonds. The van der Waals surface area contributed by atoms with Crippen molar-refractivity contribution in [3.05, 3.63) is 64.4 Å². The molecule has 2 heterocycles. The molecule has 0 aliphatic carbocycles. The van der Waals surface area contributed by atoms with Crippen LogP contribution in [0.4, 0.5) is 18.9 Å². The van der Waals surface area contributed by atoms with Gasteiger partial charge < -0.3 is 14.8 Å². The molecular formula is C21H18F3NO2S. The van der Waals surface area contributed by atoms with E-state index >= 15 is 0 Å². The van der Waals surface area contributed by atoms with Gasteiger partial charge in [-0.05, 0) is 42.3 Å². The number of benzene rings is 2. The van der Waals surface area contributed by atoms with Crippen LogP contribution in [-0.4, -0.2) is 13.0 Å². The monoisotopic (exact) mass is 405 g/mol. The van der Waals surface area contributed by atoms with Crippen molar-refractivity contribution in [2.24, 2.45) is 0 Å². The Morgan fingerprint density at radius 1 is 1.14 bits per heavy atom. The summed E-state index contributed by atoms with van der Waals surface area (Å²) >= 11 is 1.76. The van der Waals surface area contributed by atoms with Crippen molar-refractivity contribution in [3.63, 3.8) is 0 Å². The number of hydrogen-bond acceptors (Lipinski definition) is 4. The van der Waals surface area contributed by atoms with Crippen molar-refractivity contribution in [2.75, 3.05) is 11.9 Å². The first kappa shape index (κ1) is 18.7. The maximum Gasteiger partial charge on any atom is 0.573 e. The molecule has 3 aromatic rings. The van der Waals surface area contributed by atoms with Crippen molar-refractivity contribution in [3.8, 4) is 22.6 Å². The van der Waals surface area contributed by atoms with Crippen molar-refractivity contribution < 1.29 is 22.6 Å². The summed E-state index contributed by atoms with van der Waals surface area (Å²) in [6, 6.07) is 15.8. The Balaban J connectivity index is 1.62. The molecule has 0 bridgehead atoms. The van der Waals surface area contributed by atoms with E-state index in [0.717, 1.165) is 17.7 Å². The maximum atomic E-state index is 12.5. The molecule has 1 aromatic heterocycles. The Labute approximate surface area is 164 Å². The van der Waals surface area contributed by atoms with Gasteiger partial charge in [-0.3, -0.25) is 0 Å². The van der Waals surface area contributed by atoms with Crippen LogP contribution in [0.3, 0.4) is 0 Å². The topological polar surface area (TPSA) is 30.5 Å². The minimum atomic E-state index is -4.72. The SMILES string of the molecule is CCc1ccc(C2COc3c(cccc3-c3cccc(OC(F)(F)F)c3)N2)s1. The Kier molecular flexibility index (Phi) is 4.93. The molecule has 2 aromatic carbocycles. The average molecular weight is 405 g/mol. The molecule has 28 heavy (non-hydrogen) atoms. The Morgan fingerprint density at radius 3 is 2.71 bits per heavy atom. The van der Waals surface area contributed by atoms with Gasteiger partial charge in [-0.15, -0.1) is 24.5 Å². The summed E-state index contributed by atoms with van der Waals surface area (Å²) in [4.78, 5) is 2.52. The number of ether oxygens (including phenoxy) is 2. The van der Waals surface area contributed by atoms with E-state index in [1.165, 1.54) is 28.0 Å². The smallest absolute Gasteiger partial charge is 0.488 e. The lowest BCUT2D eigenvalue weighted by Gasteiger charge is -2.28. The van der Waals surface area contributed by atoms with E-state index in [-0.39, 0.29) is 11.8 Å². The summed E-state index contributed by atoms with van der Waals surface area (Å²) in [6.45, 7) is 2.57. The van der Waals surface area contributed by atoms with E-state index < -0.39 is 6.36 Å². The molecule has 0 fully saturated rings. The van der Waals surface area contributed by atoms with Gasteiger partial charge >= 0.3 is 6.36 Å². The Bertz CT molecular complexity index is 984. The van der Waals surface area contributed by atoms with Crippen LogP contribution in [-0.2, 0) is 6.42 Å². The standard InChI is InChI=1S/C21H18F3NO2S/c1-2-15-9-10-19(28-15)18-12-26-20-16(7-4-8-17(20)25-18)13-5-3-6-14(11-13)27-21(22,23)24/h3-11,18,25H,2,12H2,1H3. The van der Waals surface area contributed by atoms with E-state index in [1.54, 1.807) is 17.4 Å². The minimum Gasteiger partial charge on any atom is -0.488 e. The third kappa shape index (κ3) is 3.94. The van der Waals surface area contributed by atoms with Crippen molar-refractivity contribution in [1.29, 1.82) is 0 Å². The second-order valence-electron chi connectivity index (χ2n) is 6.42. The lowest BCUT2D eigenvalue weighted by Crippen LogP contribution is -2.23. The zero-order chi connectivity index (χ0) is 19.7. The molecule has 1 N–H and O–H groups in total. The Hall–Kier alpha value is -2.67. The van der Waals surface area contributed by atoms with Gasteiger partial charge in [0.05, 0.1) is 11.7 Å². The fourth-order valence-electron chi connectivity index (χ4n) is 3.22. The molecule has 1 unspecified atom stereocenters. The fraction of sp³-hybridized carbons (Fsp3) is 0.238. The first-order valence-corrected chi connectivity index (χ1v) is 9.72. The van der Waals surface area contributed by atoms with Gasteiger partial charge in [0.2, 0.25) is 0 Å². The summed E-state index contributed by atoms with van der Waals surface area (Å²) in [5.74, 6) is 0.380. The van der Waals surface area contributed by atoms with Crippen LogP contribution in [0.1, 0.15) is 22.7 Å². The quantitative estimate of drug-likeness (QED) is 0.543. The summed E-state index contributed by atoms with van der Waals surface area (Å²) in [5.41, 5.74) is 2.14. The van der Waals surface area contributed by atoms with Crippen LogP contribution in [0.25, 0.3) is 11.1 Å². The summed E-state index contributed by atoms with van der Waals surface area (Å²) in [6.07, 6.45) is -3.73. The molecule has 7 heteroatoms. The van der Waals surface area contributed by atoms with Crippen LogP contribution < -0.4 is 14.8 Å². The maximum absolute atomic E-state index is 12.5. The van der Waals surface area contributed by atoms with Crippen LogP contribution >= 0.6 is 11.3 Å². The largest absolute Gasteiger partial charge is 0.573 e. The van der Waals surface area contributed by atoms with Crippen LogP contribution in [0.2, 0.25) is 0 Å². The number of para-hydroxylation sites is 1. The molecule has 0 saturated carbocycles. The minimum absolute atomic E-state index is 0.0490. The van der Waals surface area contributed by atoms with E-state index in [1.807, 2.05) is 18.2 Å². The lowest BCUT2D eigenvalue weighted by atomic mass is 10.0. The van der Waals surface area contributed by atoms with Gasteiger partial charge in [-0.1, -0.05) is 31.2 Å². The molecule has 0 radical (unpaired) electrons. The molecule has 1 aliphatic heterocycles. The molecule has 1 aliphatic rings. The molecular weight excluding hydrogens is 387 g/mol. The van der Waals surface area contributed by atoms with E-state index in [2.05, 4.69) is 29.1 Å². The van der Waals surface area contributed by atoms with Gasteiger partial charge in [0.15, 0.2) is 0 Å². The Morgan fingerprint density at radius 2 is 1.96 bits per heavy atom. The second kappa shape index (κ2) is 7.39. The number of nitrogens with one attached hydrogen (secondary N) is 1. The highest BCUT2D eigenvalue weighted by atomic mass is 32.1. The van der Waals surface area contributed by atoms with Crippen molar-refractivity contribution in [2.45, 2.75) is 25.7 Å². The summed E-state index contributed by atoms with van der Waals surface area (Å²) in [7, 11) is 0. The number of thiophene rings is 1. The fourth-order valence-corrected chi connectivity index (χ4v) is 4.20. The van der Waals surface area contributed by atoms with E-state index in [9.17, 15) is 13.2 Å². The van der Waals surface area contributed by atoms with Gasteiger partial charge in [-0.25, -0.2) is 0 Å². The van der Waals surface area contributed by atoms with Crippen LogP contribution in [0.5, 0.6) is 11.5 Å². The normalized spacial score (nSPS) is 16.1. The predicted molar refractivity (Wildman–Crippen MR) is 104 cm³/mol. The number of hydrogen-bond donors (Lipinski definition) is 1. The molecule has 1 atom stereocenters. The summed E-state index contributed by atoms with van der Waals surface area (Å²) in [5, 5.41) is 3.49. The molecule has 0 spiro atoms. The van der Waals surface area contributed by atoms with Gasteiger partial charge in [-0.2, -0.15) is 0 Å². The third-order valence-corrected chi connectivity index (χ3v) is 5.84. The first-order chi connectivity index (χ1) is 13.4. The van der Waals surface area contributed by atoms with Crippen molar-refractivity contribution in [1.82, 2.24) is 0 Å². The first-order valence-electron chi connectivity index (χ1n) is 8.90. The highest BCUT2D eigenvalue weighted by Crippen LogP contribution is 2.43. The van der Waals surface area contributed by atoms with E-state index in [4.69, 9.17) is 4.74 Å². The van der Waals surface area contributed by atoms with E-state index in [0.29, 0.717) is 17.9 Å². The third-order valence-electron chi connectivity index (χ3n) is 4.49. The number of alkyl halides is 3. The predicted octanol–water partition coefficient (Wildman–Crippen LogP) is 6.42. The average Bonchev–Trinajstić information content (AvgIpc) is 3.15. The zero-order valence-electron chi connectivity index (χ0n) is 15.0. The van der Waals surface area contributed by atoms with Gasteiger partial charge in [0.25, 0.3) is 0 Å². The second-order valence-corrected chi connectivity index (χ2v) is 7.62. The number of halogens is 3. The molecule has 3 nitrogen and oxygen atoms in total. The lowest BCUT2D eigenvalue weighted by molar-refractivity contribution is -0.274. The van der Waals surface area contributed by atoms with Crippen LogP contribution in [0.15, 0.2) is 54.6 Å².